The van der Waals surface area contributed by atoms with Crippen LogP contribution in [0.25, 0.3) is 0 Å². The van der Waals surface area contributed by atoms with Crippen molar-refractivity contribution in [1.82, 2.24) is 4.90 Å². The number of anilines is 1. The summed E-state index contributed by atoms with van der Waals surface area (Å²) >= 11 is 5.93. The van der Waals surface area contributed by atoms with Crippen molar-refractivity contribution in [3.05, 3.63) is 53.6 Å². The fraction of sp³-hybridized carbons (Fsp3) is 0.300. The third kappa shape index (κ3) is 4.68. The number of benzene rings is 2. The van der Waals surface area contributed by atoms with Gasteiger partial charge >= 0.3 is 0 Å². The largest absolute Gasteiger partial charge is 0.455 e. The maximum atomic E-state index is 8.68. The monoisotopic (exact) mass is 368 g/mol. The van der Waals surface area contributed by atoms with Gasteiger partial charge in [-0.3, -0.25) is 0 Å². The summed E-state index contributed by atoms with van der Waals surface area (Å²) < 4.78 is 6.01. The quantitative estimate of drug-likeness (QED) is 0.473. The predicted molar refractivity (Wildman–Crippen MR) is 105 cm³/mol. The molecule has 134 valence electrons. The molecule has 1 heterocycles. The van der Waals surface area contributed by atoms with E-state index in [-0.39, 0.29) is 0 Å². The van der Waals surface area contributed by atoms with E-state index in [4.69, 9.17) is 21.6 Å². The van der Waals surface area contributed by atoms with Gasteiger partial charge in [0.15, 0.2) is 5.75 Å². The summed E-state index contributed by atoms with van der Waals surface area (Å²) in [5.41, 5.74) is 0.975. The van der Waals surface area contributed by atoms with Crippen molar-refractivity contribution in [2.45, 2.75) is 25.8 Å². The number of ether oxygens (including phenoxy) is 1. The Morgan fingerprint density at radius 1 is 1.19 bits per heavy atom. The third-order valence-electron chi connectivity index (χ3n) is 4.45. The Kier molecular flexibility index (Phi) is 5.98. The number of hydrogen-bond donors (Lipinski definition) is 1. The first kappa shape index (κ1) is 18.1. The van der Waals surface area contributed by atoms with Crippen LogP contribution in [0.3, 0.4) is 0 Å². The molecule has 6 heteroatoms. The average Bonchev–Trinajstić information content (AvgIpc) is 2.66. The van der Waals surface area contributed by atoms with Crippen LogP contribution in [0, 0.1) is 11.5 Å². The summed E-state index contributed by atoms with van der Waals surface area (Å²) in [5, 5.41) is 13.0. The minimum atomic E-state index is 0.358. The second-order valence-electron chi connectivity index (χ2n) is 6.22. The molecule has 5 nitrogen and oxygen atoms in total. The Labute approximate surface area is 158 Å². The lowest BCUT2D eigenvalue weighted by Gasteiger charge is -2.33. The molecule has 0 amide bonds. The smallest absolute Gasteiger partial charge is 0.207 e. The predicted octanol–water partition coefficient (Wildman–Crippen LogP) is 4.91. The number of para-hydroxylation sites is 2. The Morgan fingerprint density at radius 3 is 2.58 bits per heavy atom. The third-order valence-corrected chi connectivity index (χ3v) is 4.70. The Morgan fingerprint density at radius 2 is 1.88 bits per heavy atom. The molecule has 0 aromatic heterocycles. The maximum absolute atomic E-state index is 8.68. The topological polar surface area (TPSA) is 60.7 Å². The zero-order valence-corrected chi connectivity index (χ0v) is 15.4. The second kappa shape index (κ2) is 8.59. The van der Waals surface area contributed by atoms with E-state index in [1.807, 2.05) is 61.6 Å². The molecule has 3 rings (SSSR count). The van der Waals surface area contributed by atoms with Gasteiger partial charge in [0.25, 0.3) is 0 Å². The van der Waals surface area contributed by atoms with E-state index >= 15 is 0 Å². The normalized spacial score (nSPS) is 15.4. The van der Waals surface area contributed by atoms with Crippen LogP contribution in [-0.4, -0.2) is 29.9 Å². The lowest BCUT2D eigenvalue weighted by Crippen LogP contribution is -2.41. The van der Waals surface area contributed by atoms with Gasteiger partial charge in [0.05, 0.1) is 5.69 Å². The molecule has 0 radical (unpaired) electrons. The van der Waals surface area contributed by atoms with Gasteiger partial charge in [-0.25, -0.2) is 0 Å². The van der Waals surface area contributed by atoms with Gasteiger partial charge in [-0.15, -0.1) is 0 Å². The summed E-state index contributed by atoms with van der Waals surface area (Å²) in [7, 11) is 0. The van der Waals surface area contributed by atoms with Crippen LogP contribution in [0.2, 0.25) is 5.02 Å². The molecule has 1 aliphatic rings. The van der Waals surface area contributed by atoms with E-state index in [1.165, 1.54) is 0 Å². The standard InChI is InChI=1S/C20H21ClN4O/c1-15(23-14-22)25-12-10-17(11-13-25)24-19-4-2-3-5-20(19)26-18-8-6-16(21)7-9-18/h2-9,17,24H,10-13H2,1H3. The first-order valence-corrected chi connectivity index (χ1v) is 9.01. The number of nitriles is 1. The summed E-state index contributed by atoms with van der Waals surface area (Å²) in [4.78, 5) is 5.97. The molecule has 0 saturated carbocycles. The van der Waals surface area contributed by atoms with Gasteiger partial charge in [-0.1, -0.05) is 23.7 Å². The maximum Gasteiger partial charge on any atom is 0.207 e. The van der Waals surface area contributed by atoms with Gasteiger partial charge in [-0.2, -0.15) is 10.3 Å². The first-order chi connectivity index (χ1) is 12.7. The fourth-order valence-corrected chi connectivity index (χ4v) is 3.14. The Balaban J connectivity index is 1.63. The molecule has 1 fully saturated rings. The number of amidine groups is 1. The van der Waals surface area contributed by atoms with Crippen molar-refractivity contribution in [3.8, 4) is 17.7 Å². The summed E-state index contributed by atoms with van der Waals surface area (Å²) in [6, 6.07) is 15.6. The molecule has 1 N–H and O–H groups in total. The SMILES string of the molecule is CC(=NC#N)N1CCC(Nc2ccccc2Oc2ccc(Cl)cc2)CC1. The van der Waals surface area contributed by atoms with Crippen molar-refractivity contribution in [1.29, 1.82) is 5.26 Å². The second-order valence-corrected chi connectivity index (χ2v) is 6.65. The molecule has 0 unspecified atom stereocenters. The zero-order valence-electron chi connectivity index (χ0n) is 14.7. The molecule has 2 aromatic carbocycles. The molecular weight excluding hydrogens is 348 g/mol. The lowest BCUT2D eigenvalue weighted by molar-refractivity contribution is 0.322. The number of halogens is 1. The van der Waals surface area contributed by atoms with E-state index < -0.39 is 0 Å². The highest BCUT2D eigenvalue weighted by Gasteiger charge is 2.20. The molecule has 1 aliphatic heterocycles. The van der Waals surface area contributed by atoms with E-state index in [0.29, 0.717) is 11.1 Å². The highest BCUT2D eigenvalue weighted by atomic mass is 35.5. The molecule has 0 bridgehead atoms. The van der Waals surface area contributed by atoms with Crippen LogP contribution in [0.15, 0.2) is 53.5 Å². The van der Waals surface area contributed by atoms with Gasteiger partial charge in [0, 0.05) is 24.2 Å². The number of nitrogens with one attached hydrogen (secondary N) is 1. The molecule has 0 spiro atoms. The minimum absolute atomic E-state index is 0.358. The number of piperidine rings is 1. The lowest BCUT2D eigenvalue weighted by atomic mass is 10.0. The molecule has 26 heavy (non-hydrogen) atoms. The fourth-order valence-electron chi connectivity index (χ4n) is 3.01. The Hall–Kier alpha value is -2.71. The summed E-state index contributed by atoms with van der Waals surface area (Å²) in [6.45, 7) is 3.65. The first-order valence-electron chi connectivity index (χ1n) is 8.63. The van der Waals surface area contributed by atoms with Crippen molar-refractivity contribution in [2.75, 3.05) is 18.4 Å². The number of nitrogens with zero attached hydrogens (tertiary/aromatic N) is 3. The molecule has 1 saturated heterocycles. The van der Waals surface area contributed by atoms with E-state index in [2.05, 4.69) is 15.2 Å². The number of rotatable bonds is 4. The number of likely N-dealkylation sites (tertiary alicyclic amines) is 1. The minimum Gasteiger partial charge on any atom is -0.455 e. The molecule has 2 aromatic rings. The van der Waals surface area contributed by atoms with Crippen LogP contribution in [0.4, 0.5) is 5.69 Å². The van der Waals surface area contributed by atoms with Gasteiger partial charge in [-0.05, 0) is 56.2 Å². The van der Waals surface area contributed by atoms with Gasteiger partial charge < -0.3 is 15.0 Å². The van der Waals surface area contributed by atoms with Gasteiger partial charge in [0.2, 0.25) is 6.19 Å². The average molecular weight is 369 g/mol. The highest BCUT2D eigenvalue weighted by Crippen LogP contribution is 2.31. The highest BCUT2D eigenvalue weighted by molar-refractivity contribution is 6.30. The summed E-state index contributed by atoms with van der Waals surface area (Å²) in [6.07, 6.45) is 3.82. The number of hydrogen-bond acceptors (Lipinski definition) is 4. The van der Waals surface area contributed by atoms with Crippen LogP contribution >= 0.6 is 11.6 Å². The molecular formula is C20H21ClN4O. The van der Waals surface area contributed by atoms with Crippen LogP contribution in [0.5, 0.6) is 11.5 Å². The molecule has 0 atom stereocenters. The van der Waals surface area contributed by atoms with Gasteiger partial charge in [0.1, 0.15) is 11.6 Å². The van der Waals surface area contributed by atoms with Crippen LogP contribution < -0.4 is 10.1 Å². The van der Waals surface area contributed by atoms with Crippen molar-refractivity contribution in [3.63, 3.8) is 0 Å². The Bertz CT molecular complexity index is 805. The van der Waals surface area contributed by atoms with E-state index in [0.717, 1.165) is 49.0 Å². The van der Waals surface area contributed by atoms with Crippen molar-refractivity contribution < 1.29 is 4.74 Å². The van der Waals surface area contributed by atoms with Crippen LogP contribution in [0.1, 0.15) is 19.8 Å². The van der Waals surface area contributed by atoms with Crippen molar-refractivity contribution >= 4 is 23.1 Å². The zero-order chi connectivity index (χ0) is 18.4. The van der Waals surface area contributed by atoms with Crippen molar-refractivity contribution in [2.24, 2.45) is 4.99 Å². The summed E-state index contributed by atoms with van der Waals surface area (Å²) in [5.74, 6) is 2.33. The van der Waals surface area contributed by atoms with Crippen LogP contribution in [-0.2, 0) is 0 Å². The van der Waals surface area contributed by atoms with E-state index in [9.17, 15) is 0 Å². The van der Waals surface area contributed by atoms with E-state index in [1.54, 1.807) is 0 Å². The molecule has 0 aliphatic carbocycles. The number of aliphatic imine (C=N–C) groups is 1.